The van der Waals surface area contributed by atoms with E-state index in [4.69, 9.17) is 9.47 Å². The molecule has 10 heteroatoms. The molecule has 0 radical (unpaired) electrons. The van der Waals surface area contributed by atoms with Gasteiger partial charge in [-0.25, -0.2) is 4.79 Å². The average molecular weight is 599 g/mol. The van der Waals surface area contributed by atoms with E-state index in [1.54, 1.807) is 24.3 Å². The van der Waals surface area contributed by atoms with Crippen molar-refractivity contribution in [2.45, 2.75) is 68.7 Å². The topological polar surface area (TPSA) is 130 Å². The second-order valence-corrected chi connectivity index (χ2v) is 11.9. The number of hydrogen-bond acceptors (Lipinski definition) is 7. The van der Waals surface area contributed by atoms with Crippen molar-refractivity contribution in [3.8, 4) is 11.5 Å². The fraction of sp³-hybridized carbons (Fsp3) is 0.412. The Balaban J connectivity index is 1.30. The Bertz CT molecular complexity index is 1560. The van der Waals surface area contributed by atoms with Gasteiger partial charge in [-0.2, -0.15) is 0 Å². The molecule has 1 aromatic heterocycles. The third-order valence-electron chi connectivity index (χ3n) is 8.94. The Morgan fingerprint density at radius 1 is 1.11 bits per heavy atom. The van der Waals surface area contributed by atoms with Crippen molar-refractivity contribution < 1.29 is 29.0 Å². The normalized spacial score (nSPS) is 27.3. The Morgan fingerprint density at radius 2 is 1.95 bits per heavy atom. The number of para-hydroxylation sites is 1. The molecule has 1 aliphatic carbocycles. The molecule has 1 saturated carbocycles. The number of allylic oxidation sites excluding steroid dienone is 1. The van der Waals surface area contributed by atoms with E-state index in [0.717, 1.165) is 36.8 Å². The van der Waals surface area contributed by atoms with Crippen LogP contribution in [0.2, 0.25) is 0 Å². The van der Waals surface area contributed by atoms with Crippen molar-refractivity contribution in [3.05, 3.63) is 72.9 Å². The van der Waals surface area contributed by atoms with Gasteiger partial charge in [0.05, 0.1) is 19.2 Å². The number of methoxy groups -OCH3 is 1. The predicted molar refractivity (Wildman–Crippen MR) is 166 cm³/mol. The van der Waals surface area contributed by atoms with Crippen molar-refractivity contribution in [1.29, 1.82) is 0 Å². The molecule has 2 aromatic carbocycles. The first-order valence-electron chi connectivity index (χ1n) is 15.3. The molecule has 0 bridgehead atoms. The smallest absolute Gasteiger partial charge is 0.330 e. The maximum absolute atomic E-state index is 14.3. The first-order chi connectivity index (χ1) is 21.4. The number of carbonyl (C=O) groups excluding carboxylic acids is 2. The van der Waals surface area contributed by atoms with Crippen molar-refractivity contribution in [2.24, 2.45) is 5.92 Å². The van der Waals surface area contributed by atoms with Gasteiger partial charge in [-0.1, -0.05) is 43.2 Å². The number of hydrogen-bond donors (Lipinski definition) is 3. The highest BCUT2D eigenvalue weighted by Gasteiger charge is 2.61. The van der Waals surface area contributed by atoms with Gasteiger partial charge in [-0.15, -0.1) is 0 Å². The number of pyridine rings is 1. The molecule has 0 spiro atoms. The molecule has 2 fully saturated rings. The summed E-state index contributed by atoms with van der Waals surface area (Å²) in [7, 11) is 1.59. The van der Waals surface area contributed by atoms with Crippen LogP contribution >= 0.6 is 0 Å². The summed E-state index contributed by atoms with van der Waals surface area (Å²) in [6.45, 7) is 0.188. The number of carboxylic acid groups (broad SMARTS) is 1. The molecule has 230 valence electrons. The van der Waals surface area contributed by atoms with Crippen LogP contribution in [0.4, 0.5) is 5.69 Å². The number of anilines is 1. The quantitative estimate of drug-likeness (QED) is 0.353. The van der Waals surface area contributed by atoms with Crippen LogP contribution in [0.15, 0.2) is 72.9 Å². The summed E-state index contributed by atoms with van der Waals surface area (Å²) in [5, 5.41) is 17.1. The molecule has 3 N–H and O–H groups in total. The maximum Gasteiger partial charge on any atom is 0.330 e. The van der Waals surface area contributed by atoms with Crippen LogP contribution < -0.4 is 20.1 Å². The predicted octanol–water partition coefficient (Wildman–Crippen LogP) is 4.55. The SMILES string of the molecule is COc1ccc2c(O[C@@H]3C[C@H]4C(=O)N[C@]5(C(=O)O)C[C@H]5C=CCCCCC[C@H](Nc5ccccc5)C(=O)N4C3)ccnc2c1. The number of rotatable bonds is 6. The summed E-state index contributed by atoms with van der Waals surface area (Å²) in [4.78, 5) is 46.5. The summed E-state index contributed by atoms with van der Waals surface area (Å²) >= 11 is 0. The molecule has 3 aromatic rings. The summed E-state index contributed by atoms with van der Waals surface area (Å²) in [5.41, 5.74) is 0.166. The van der Waals surface area contributed by atoms with Crippen LogP contribution in [0.5, 0.6) is 11.5 Å². The molecule has 1 saturated heterocycles. The number of carbonyl (C=O) groups is 3. The number of aliphatic carboxylic acids is 1. The highest BCUT2D eigenvalue weighted by atomic mass is 16.5. The number of carboxylic acids is 1. The Labute approximate surface area is 256 Å². The van der Waals surface area contributed by atoms with Crippen LogP contribution in [0.25, 0.3) is 10.9 Å². The number of amides is 2. The highest BCUT2D eigenvalue weighted by Crippen LogP contribution is 2.45. The standard InChI is InChI=1S/C34H38N4O6/c1-43-24-14-15-26-28(18-24)35-17-16-30(26)44-25-19-29-31(39)37-34(33(41)42)20-22(34)10-6-3-2-4-9-13-27(32(40)38(29)21-25)36-23-11-7-5-8-12-23/h5-8,10-12,14-18,22,25,27,29,36H,2-4,9,13,19-21H2,1H3,(H,37,39)(H,41,42)/t22-,25-,27+,29+,34-/m1/s1. The average Bonchev–Trinajstić information content (AvgIpc) is 3.57. The van der Waals surface area contributed by atoms with Gasteiger partial charge in [0.1, 0.15) is 35.2 Å². The number of benzene rings is 2. The van der Waals surface area contributed by atoms with Crippen LogP contribution in [-0.4, -0.2) is 70.2 Å². The van der Waals surface area contributed by atoms with Crippen molar-refractivity contribution in [2.75, 3.05) is 19.0 Å². The zero-order chi connectivity index (χ0) is 30.7. The summed E-state index contributed by atoms with van der Waals surface area (Å²) in [5.74, 6) is -0.745. The Kier molecular flexibility index (Phi) is 8.41. The van der Waals surface area contributed by atoms with Gasteiger partial charge in [-0.3, -0.25) is 14.6 Å². The van der Waals surface area contributed by atoms with E-state index in [9.17, 15) is 19.5 Å². The minimum absolute atomic E-state index is 0.188. The van der Waals surface area contributed by atoms with E-state index in [1.807, 2.05) is 60.7 Å². The van der Waals surface area contributed by atoms with Crippen LogP contribution in [-0.2, 0) is 14.4 Å². The van der Waals surface area contributed by atoms with E-state index in [0.29, 0.717) is 29.9 Å². The zero-order valence-electron chi connectivity index (χ0n) is 24.8. The number of fused-ring (bicyclic) bond motifs is 3. The van der Waals surface area contributed by atoms with Crippen LogP contribution in [0, 0.1) is 5.92 Å². The molecule has 44 heavy (non-hydrogen) atoms. The number of ether oxygens (including phenoxy) is 2. The Morgan fingerprint density at radius 3 is 2.75 bits per heavy atom. The van der Waals surface area contributed by atoms with Crippen molar-refractivity contribution in [1.82, 2.24) is 15.2 Å². The number of aromatic nitrogens is 1. The molecule has 0 unspecified atom stereocenters. The Hall–Kier alpha value is -4.60. The zero-order valence-corrected chi connectivity index (χ0v) is 24.8. The van der Waals surface area contributed by atoms with E-state index in [1.165, 1.54) is 0 Å². The first-order valence-corrected chi connectivity index (χ1v) is 15.3. The molecule has 2 aliphatic heterocycles. The number of nitrogens with zero attached hydrogens (tertiary/aromatic N) is 2. The van der Waals surface area contributed by atoms with Gasteiger partial charge in [0.2, 0.25) is 11.8 Å². The van der Waals surface area contributed by atoms with Crippen molar-refractivity contribution >= 4 is 34.4 Å². The molecule has 2 amide bonds. The molecule has 3 heterocycles. The van der Waals surface area contributed by atoms with Gasteiger partial charge in [0.25, 0.3) is 0 Å². The summed E-state index contributed by atoms with van der Waals surface area (Å²) in [6.07, 6.45) is 9.80. The lowest BCUT2D eigenvalue weighted by atomic mass is 10.0. The largest absolute Gasteiger partial charge is 0.497 e. The summed E-state index contributed by atoms with van der Waals surface area (Å²) in [6, 6.07) is 15.4. The third-order valence-corrected chi connectivity index (χ3v) is 8.94. The van der Waals surface area contributed by atoms with Crippen LogP contribution in [0.3, 0.4) is 0 Å². The third kappa shape index (κ3) is 6.06. The maximum atomic E-state index is 14.3. The van der Waals surface area contributed by atoms with Gasteiger partial charge >= 0.3 is 5.97 Å². The minimum Gasteiger partial charge on any atom is -0.497 e. The van der Waals surface area contributed by atoms with E-state index >= 15 is 0 Å². The molecular weight excluding hydrogens is 560 g/mol. The van der Waals surface area contributed by atoms with E-state index in [-0.39, 0.29) is 24.8 Å². The highest BCUT2D eigenvalue weighted by molar-refractivity contribution is 5.96. The lowest BCUT2D eigenvalue weighted by Crippen LogP contribution is -2.55. The van der Waals surface area contributed by atoms with E-state index < -0.39 is 35.6 Å². The fourth-order valence-corrected chi connectivity index (χ4v) is 6.39. The van der Waals surface area contributed by atoms with Crippen LogP contribution in [0.1, 0.15) is 44.9 Å². The minimum atomic E-state index is -1.36. The second-order valence-electron chi connectivity index (χ2n) is 11.9. The second kappa shape index (κ2) is 12.6. The van der Waals surface area contributed by atoms with Gasteiger partial charge in [0.15, 0.2) is 0 Å². The molecule has 3 aliphatic rings. The van der Waals surface area contributed by atoms with Gasteiger partial charge in [-0.05, 0) is 56.0 Å². The van der Waals surface area contributed by atoms with E-state index in [2.05, 4.69) is 15.6 Å². The fourth-order valence-electron chi connectivity index (χ4n) is 6.39. The van der Waals surface area contributed by atoms with Gasteiger partial charge < -0.3 is 30.1 Å². The van der Waals surface area contributed by atoms with Gasteiger partial charge in [0, 0.05) is 35.7 Å². The number of nitrogens with one attached hydrogen (secondary N) is 2. The monoisotopic (exact) mass is 598 g/mol. The first kappa shape index (κ1) is 29.5. The molecular formula is C34H38N4O6. The molecule has 5 atom stereocenters. The summed E-state index contributed by atoms with van der Waals surface area (Å²) < 4.78 is 11.8. The lowest BCUT2D eigenvalue weighted by molar-refractivity contribution is -0.145. The molecule has 6 rings (SSSR count). The molecule has 10 nitrogen and oxygen atoms in total. The lowest BCUT2D eigenvalue weighted by Gasteiger charge is -2.30. The van der Waals surface area contributed by atoms with Crippen molar-refractivity contribution in [3.63, 3.8) is 0 Å².